The number of thiophene rings is 1. The SMILES string of the molecule is COc1ccccc1N1CCN(c2nc3c(-c4ccc(C)cc4)csc3c(=O)[nH]2)CC1. The number of hydrogen-bond donors (Lipinski definition) is 1. The molecule has 0 aliphatic carbocycles. The van der Waals surface area contributed by atoms with E-state index in [1.165, 1.54) is 16.9 Å². The standard InChI is InChI=1S/C24H24N4O2S/c1-16-7-9-17(10-8-16)18-15-31-22-21(18)25-24(26-23(22)29)28-13-11-27(12-14-28)19-5-3-4-6-20(19)30-2/h3-10,15H,11-14H2,1-2H3,(H,25,26,29). The zero-order valence-electron chi connectivity index (χ0n) is 17.6. The predicted molar refractivity (Wildman–Crippen MR) is 128 cm³/mol. The molecule has 0 radical (unpaired) electrons. The topological polar surface area (TPSA) is 61.5 Å². The Labute approximate surface area is 184 Å². The Hall–Kier alpha value is -3.32. The monoisotopic (exact) mass is 432 g/mol. The van der Waals surface area contributed by atoms with Crippen molar-refractivity contribution in [1.29, 1.82) is 0 Å². The molecule has 0 spiro atoms. The van der Waals surface area contributed by atoms with Crippen LogP contribution in [-0.2, 0) is 0 Å². The summed E-state index contributed by atoms with van der Waals surface area (Å²) in [7, 11) is 1.70. The lowest BCUT2D eigenvalue weighted by Crippen LogP contribution is -2.47. The van der Waals surface area contributed by atoms with E-state index in [1.807, 2.05) is 23.6 Å². The molecule has 1 aliphatic rings. The van der Waals surface area contributed by atoms with Crippen molar-refractivity contribution >= 4 is 33.2 Å². The van der Waals surface area contributed by atoms with Gasteiger partial charge in [-0.2, -0.15) is 0 Å². The molecule has 2 aromatic carbocycles. The van der Waals surface area contributed by atoms with Gasteiger partial charge in [0, 0.05) is 37.1 Å². The number of nitrogens with one attached hydrogen (secondary N) is 1. The fourth-order valence-electron chi connectivity index (χ4n) is 4.05. The molecule has 4 aromatic rings. The number of aromatic amines is 1. The Kier molecular flexibility index (Phi) is 5.11. The summed E-state index contributed by atoms with van der Waals surface area (Å²) in [4.78, 5) is 25.1. The Bertz CT molecular complexity index is 1270. The van der Waals surface area contributed by atoms with E-state index < -0.39 is 0 Å². The van der Waals surface area contributed by atoms with E-state index in [0.717, 1.165) is 54.3 Å². The van der Waals surface area contributed by atoms with Gasteiger partial charge in [-0.15, -0.1) is 11.3 Å². The van der Waals surface area contributed by atoms with Gasteiger partial charge in [-0.05, 0) is 24.6 Å². The molecule has 1 saturated heterocycles. The predicted octanol–water partition coefficient (Wildman–Crippen LogP) is 4.30. The maximum absolute atomic E-state index is 12.8. The van der Waals surface area contributed by atoms with Crippen molar-refractivity contribution in [3.8, 4) is 16.9 Å². The number of benzene rings is 2. The zero-order chi connectivity index (χ0) is 21.4. The van der Waals surface area contributed by atoms with E-state index in [-0.39, 0.29) is 5.56 Å². The van der Waals surface area contributed by atoms with Gasteiger partial charge in [0.1, 0.15) is 10.4 Å². The van der Waals surface area contributed by atoms with Gasteiger partial charge in [0.05, 0.1) is 18.3 Å². The third-order valence-electron chi connectivity index (χ3n) is 5.78. The number of fused-ring (bicyclic) bond motifs is 1. The lowest BCUT2D eigenvalue weighted by Gasteiger charge is -2.36. The van der Waals surface area contributed by atoms with Gasteiger partial charge in [0.15, 0.2) is 0 Å². The Balaban J connectivity index is 1.43. The van der Waals surface area contributed by atoms with Crippen molar-refractivity contribution in [3.05, 3.63) is 69.8 Å². The van der Waals surface area contributed by atoms with Crippen LogP contribution in [0.4, 0.5) is 11.6 Å². The van der Waals surface area contributed by atoms with Crippen LogP contribution in [0.1, 0.15) is 5.56 Å². The van der Waals surface area contributed by atoms with E-state index >= 15 is 0 Å². The summed E-state index contributed by atoms with van der Waals surface area (Å²) in [5.41, 5.74) is 5.11. The van der Waals surface area contributed by atoms with Crippen LogP contribution in [0.25, 0.3) is 21.3 Å². The molecule has 158 valence electrons. The second-order valence-electron chi connectivity index (χ2n) is 7.73. The Morgan fingerprint density at radius 2 is 1.71 bits per heavy atom. The first-order valence-electron chi connectivity index (χ1n) is 10.4. The Morgan fingerprint density at radius 1 is 1.00 bits per heavy atom. The van der Waals surface area contributed by atoms with E-state index in [4.69, 9.17) is 9.72 Å². The number of aromatic nitrogens is 2. The lowest BCUT2D eigenvalue weighted by molar-refractivity contribution is 0.413. The van der Waals surface area contributed by atoms with Crippen LogP contribution in [0.15, 0.2) is 58.7 Å². The molecule has 5 rings (SSSR count). The van der Waals surface area contributed by atoms with E-state index in [2.05, 4.69) is 52.0 Å². The molecule has 0 saturated carbocycles. The second-order valence-corrected chi connectivity index (χ2v) is 8.61. The highest BCUT2D eigenvalue weighted by molar-refractivity contribution is 7.17. The van der Waals surface area contributed by atoms with Gasteiger partial charge in [-0.3, -0.25) is 9.78 Å². The number of nitrogens with zero attached hydrogens (tertiary/aromatic N) is 3. The van der Waals surface area contributed by atoms with Crippen LogP contribution >= 0.6 is 11.3 Å². The molecular weight excluding hydrogens is 408 g/mol. The third-order valence-corrected chi connectivity index (χ3v) is 6.75. The summed E-state index contributed by atoms with van der Waals surface area (Å²) >= 11 is 1.45. The number of para-hydroxylation sites is 2. The van der Waals surface area contributed by atoms with E-state index in [1.54, 1.807) is 7.11 Å². The van der Waals surface area contributed by atoms with Crippen LogP contribution in [-0.4, -0.2) is 43.3 Å². The minimum Gasteiger partial charge on any atom is -0.495 e. The smallest absolute Gasteiger partial charge is 0.270 e. The fourth-order valence-corrected chi connectivity index (χ4v) is 4.96. The molecule has 6 nitrogen and oxygen atoms in total. The van der Waals surface area contributed by atoms with Crippen molar-refractivity contribution in [2.45, 2.75) is 6.92 Å². The quantitative estimate of drug-likeness (QED) is 0.521. The molecule has 1 fully saturated rings. The van der Waals surface area contributed by atoms with Crippen molar-refractivity contribution in [2.75, 3.05) is 43.1 Å². The fraction of sp³-hybridized carbons (Fsp3) is 0.250. The molecule has 31 heavy (non-hydrogen) atoms. The number of rotatable bonds is 4. The average molecular weight is 433 g/mol. The van der Waals surface area contributed by atoms with Crippen molar-refractivity contribution in [3.63, 3.8) is 0 Å². The zero-order valence-corrected chi connectivity index (χ0v) is 18.4. The van der Waals surface area contributed by atoms with Crippen LogP contribution < -0.4 is 20.1 Å². The first kappa shape index (κ1) is 19.6. The molecule has 2 aromatic heterocycles. The first-order chi connectivity index (χ1) is 15.1. The summed E-state index contributed by atoms with van der Waals surface area (Å²) in [6, 6.07) is 16.4. The van der Waals surface area contributed by atoms with Crippen LogP contribution in [0, 0.1) is 6.92 Å². The number of H-pyrrole nitrogens is 1. The highest BCUT2D eigenvalue weighted by atomic mass is 32.1. The molecule has 1 aliphatic heterocycles. The van der Waals surface area contributed by atoms with Crippen LogP contribution in [0.5, 0.6) is 5.75 Å². The van der Waals surface area contributed by atoms with E-state index in [0.29, 0.717) is 10.6 Å². The largest absolute Gasteiger partial charge is 0.495 e. The summed E-state index contributed by atoms with van der Waals surface area (Å²) in [5.74, 6) is 1.52. The summed E-state index contributed by atoms with van der Waals surface area (Å²) in [6.07, 6.45) is 0. The molecule has 7 heteroatoms. The van der Waals surface area contributed by atoms with Gasteiger partial charge in [0.2, 0.25) is 5.95 Å². The van der Waals surface area contributed by atoms with Gasteiger partial charge >= 0.3 is 0 Å². The lowest BCUT2D eigenvalue weighted by atomic mass is 10.1. The molecule has 0 bridgehead atoms. The number of methoxy groups -OCH3 is 1. The van der Waals surface area contributed by atoms with E-state index in [9.17, 15) is 4.79 Å². The normalized spacial score (nSPS) is 14.3. The highest BCUT2D eigenvalue weighted by Crippen LogP contribution is 2.32. The van der Waals surface area contributed by atoms with Crippen molar-refractivity contribution in [1.82, 2.24) is 9.97 Å². The van der Waals surface area contributed by atoms with Gasteiger partial charge in [0.25, 0.3) is 5.56 Å². The molecule has 1 N–H and O–H groups in total. The number of anilines is 2. The summed E-state index contributed by atoms with van der Waals surface area (Å²) in [6.45, 7) is 5.28. The van der Waals surface area contributed by atoms with Gasteiger partial charge < -0.3 is 14.5 Å². The molecular formula is C24H24N4O2S. The van der Waals surface area contributed by atoms with Crippen molar-refractivity contribution in [2.24, 2.45) is 0 Å². The number of piperazine rings is 1. The van der Waals surface area contributed by atoms with Crippen molar-refractivity contribution < 1.29 is 4.74 Å². The number of aryl methyl sites for hydroxylation is 1. The average Bonchev–Trinajstić information content (AvgIpc) is 3.24. The maximum atomic E-state index is 12.8. The molecule has 3 heterocycles. The number of hydrogen-bond acceptors (Lipinski definition) is 6. The molecule has 0 amide bonds. The second kappa shape index (κ2) is 8.07. The number of ether oxygens (including phenoxy) is 1. The minimum absolute atomic E-state index is 0.0736. The summed E-state index contributed by atoms with van der Waals surface area (Å²) < 4.78 is 6.19. The van der Waals surface area contributed by atoms with Gasteiger partial charge in [-0.1, -0.05) is 42.0 Å². The first-order valence-corrected chi connectivity index (χ1v) is 11.2. The molecule has 0 unspecified atom stereocenters. The Morgan fingerprint density at radius 3 is 2.45 bits per heavy atom. The maximum Gasteiger partial charge on any atom is 0.270 e. The minimum atomic E-state index is -0.0736. The van der Waals surface area contributed by atoms with Crippen LogP contribution in [0.2, 0.25) is 0 Å². The van der Waals surface area contributed by atoms with Crippen LogP contribution in [0.3, 0.4) is 0 Å². The van der Waals surface area contributed by atoms with Gasteiger partial charge in [-0.25, -0.2) is 4.98 Å². The highest BCUT2D eigenvalue weighted by Gasteiger charge is 2.22. The summed E-state index contributed by atoms with van der Waals surface area (Å²) in [5, 5.41) is 2.03. The third kappa shape index (κ3) is 3.65. The molecule has 0 atom stereocenters.